The molecule has 138 valence electrons. The van der Waals surface area contributed by atoms with E-state index in [1.807, 2.05) is 6.92 Å². The zero-order chi connectivity index (χ0) is 17.7. The minimum atomic E-state index is -3.64. The molecule has 0 saturated heterocycles. The van der Waals surface area contributed by atoms with Crippen LogP contribution in [0.5, 0.6) is 0 Å². The summed E-state index contributed by atoms with van der Waals surface area (Å²) in [5, 5.41) is 2.74. The van der Waals surface area contributed by atoms with Gasteiger partial charge in [0.2, 0.25) is 15.9 Å². The van der Waals surface area contributed by atoms with Gasteiger partial charge in [-0.05, 0) is 45.7 Å². The molecule has 1 atom stereocenters. The second kappa shape index (κ2) is 9.36. The van der Waals surface area contributed by atoms with Crippen LogP contribution < -0.4 is 15.8 Å². The molecule has 0 aliphatic heterocycles. The average molecular weight is 378 g/mol. The molecule has 0 aromatic heterocycles. The number of hydrogen-bond donors (Lipinski definition) is 3. The molecule has 0 saturated carbocycles. The molecule has 0 bridgehead atoms. The lowest BCUT2D eigenvalue weighted by molar-refractivity contribution is -0.121. The molecule has 1 aromatic rings. The van der Waals surface area contributed by atoms with Crippen LogP contribution in [0.1, 0.15) is 46.1 Å². The molecule has 1 rings (SSSR count). The second-order valence-corrected chi connectivity index (χ2v) is 8.41. The standard InChI is InChI=1S/C16H27N3O3S.ClH/c1-12(17)9-10-15(20)18-11-13-7-5-6-8-14(13)23(21,22)19-16(2,3)4;/h5-8,12,19H,9-11,17H2,1-4H3,(H,18,20);1H. The summed E-state index contributed by atoms with van der Waals surface area (Å²) in [5.41, 5.74) is 5.60. The van der Waals surface area contributed by atoms with Gasteiger partial charge in [-0.2, -0.15) is 0 Å². The number of nitrogens with one attached hydrogen (secondary N) is 2. The van der Waals surface area contributed by atoms with E-state index < -0.39 is 15.6 Å². The van der Waals surface area contributed by atoms with Gasteiger partial charge < -0.3 is 11.1 Å². The maximum Gasteiger partial charge on any atom is 0.241 e. The van der Waals surface area contributed by atoms with Gasteiger partial charge in [-0.3, -0.25) is 4.79 Å². The van der Waals surface area contributed by atoms with Crippen molar-refractivity contribution in [3.05, 3.63) is 29.8 Å². The van der Waals surface area contributed by atoms with Gasteiger partial charge in [-0.15, -0.1) is 12.4 Å². The molecule has 24 heavy (non-hydrogen) atoms. The van der Waals surface area contributed by atoms with Gasteiger partial charge in [0.15, 0.2) is 0 Å². The molecule has 0 aliphatic carbocycles. The Morgan fingerprint density at radius 1 is 1.25 bits per heavy atom. The third-order valence-electron chi connectivity index (χ3n) is 3.01. The third-order valence-corrected chi connectivity index (χ3v) is 4.86. The van der Waals surface area contributed by atoms with E-state index in [9.17, 15) is 13.2 Å². The minimum absolute atomic E-state index is 0. The third kappa shape index (κ3) is 8.10. The molecule has 6 nitrogen and oxygen atoms in total. The molecule has 0 aliphatic rings. The summed E-state index contributed by atoms with van der Waals surface area (Å²) in [4.78, 5) is 12.0. The largest absolute Gasteiger partial charge is 0.352 e. The van der Waals surface area contributed by atoms with E-state index in [-0.39, 0.29) is 35.8 Å². The first-order valence-corrected chi connectivity index (χ1v) is 9.14. The SMILES string of the molecule is CC(N)CCC(=O)NCc1ccccc1S(=O)(=O)NC(C)(C)C.Cl. The lowest BCUT2D eigenvalue weighted by Crippen LogP contribution is -2.41. The van der Waals surface area contributed by atoms with E-state index in [1.165, 1.54) is 6.07 Å². The van der Waals surface area contributed by atoms with E-state index in [2.05, 4.69) is 10.0 Å². The zero-order valence-corrected chi connectivity index (χ0v) is 16.3. The predicted molar refractivity (Wildman–Crippen MR) is 98.5 cm³/mol. The maximum absolute atomic E-state index is 12.5. The van der Waals surface area contributed by atoms with Crippen molar-refractivity contribution in [1.29, 1.82) is 0 Å². The summed E-state index contributed by atoms with van der Waals surface area (Å²) in [5.74, 6) is -0.140. The van der Waals surface area contributed by atoms with Crippen LogP contribution in [0.25, 0.3) is 0 Å². The Bertz CT molecular complexity index is 640. The number of sulfonamides is 1. The van der Waals surface area contributed by atoms with Gasteiger partial charge in [-0.25, -0.2) is 13.1 Å². The number of rotatable bonds is 7. The molecule has 0 spiro atoms. The lowest BCUT2D eigenvalue weighted by Gasteiger charge is -2.21. The van der Waals surface area contributed by atoms with Crippen LogP contribution in [0.4, 0.5) is 0 Å². The fourth-order valence-electron chi connectivity index (χ4n) is 2.01. The number of amides is 1. The summed E-state index contributed by atoms with van der Waals surface area (Å²) in [6.45, 7) is 7.35. The Morgan fingerprint density at radius 3 is 2.38 bits per heavy atom. The summed E-state index contributed by atoms with van der Waals surface area (Å²) in [6, 6.07) is 6.61. The molecule has 0 fully saturated rings. The lowest BCUT2D eigenvalue weighted by atomic mass is 10.1. The normalized spacial score (nSPS) is 13.0. The van der Waals surface area contributed by atoms with Crippen LogP contribution in [0.2, 0.25) is 0 Å². The van der Waals surface area contributed by atoms with Crippen molar-refractivity contribution >= 4 is 28.3 Å². The monoisotopic (exact) mass is 377 g/mol. The summed E-state index contributed by atoms with van der Waals surface area (Å²) >= 11 is 0. The summed E-state index contributed by atoms with van der Waals surface area (Å²) in [7, 11) is -3.64. The van der Waals surface area contributed by atoms with Crippen LogP contribution in [0.3, 0.4) is 0 Å². The number of carbonyl (C=O) groups excluding carboxylic acids is 1. The van der Waals surface area contributed by atoms with Crippen LogP contribution in [0, 0.1) is 0 Å². The average Bonchev–Trinajstić information content (AvgIpc) is 2.40. The second-order valence-electron chi connectivity index (χ2n) is 6.76. The highest BCUT2D eigenvalue weighted by molar-refractivity contribution is 7.89. The Balaban J connectivity index is 0.00000529. The van der Waals surface area contributed by atoms with E-state index >= 15 is 0 Å². The number of halogens is 1. The molecule has 4 N–H and O–H groups in total. The maximum atomic E-state index is 12.5. The van der Waals surface area contributed by atoms with Crippen molar-refractivity contribution in [3.8, 4) is 0 Å². The van der Waals surface area contributed by atoms with Crippen molar-refractivity contribution in [2.45, 2.75) is 63.6 Å². The minimum Gasteiger partial charge on any atom is -0.352 e. The predicted octanol–water partition coefficient (Wildman–Crippen LogP) is 1.93. The first-order chi connectivity index (χ1) is 10.5. The molecular weight excluding hydrogens is 350 g/mol. The quantitative estimate of drug-likeness (QED) is 0.675. The van der Waals surface area contributed by atoms with E-state index in [0.29, 0.717) is 18.4 Å². The molecular formula is C16H28ClN3O3S. The van der Waals surface area contributed by atoms with Crippen molar-refractivity contribution in [2.75, 3.05) is 0 Å². The highest BCUT2D eigenvalue weighted by Crippen LogP contribution is 2.17. The van der Waals surface area contributed by atoms with E-state index in [1.54, 1.807) is 39.0 Å². The summed E-state index contributed by atoms with van der Waals surface area (Å²) in [6.07, 6.45) is 0.921. The smallest absolute Gasteiger partial charge is 0.241 e. The van der Waals surface area contributed by atoms with Gasteiger partial charge in [0.1, 0.15) is 0 Å². The molecule has 1 aromatic carbocycles. The van der Waals surface area contributed by atoms with Gasteiger partial charge in [0.05, 0.1) is 4.90 Å². The molecule has 8 heteroatoms. The summed E-state index contributed by atoms with van der Waals surface area (Å²) < 4.78 is 27.6. The highest BCUT2D eigenvalue weighted by Gasteiger charge is 2.24. The van der Waals surface area contributed by atoms with Crippen molar-refractivity contribution in [2.24, 2.45) is 5.73 Å². The van der Waals surface area contributed by atoms with Gasteiger partial charge >= 0.3 is 0 Å². The Kier molecular flexibility index (Phi) is 8.91. The highest BCUT2D eigenvalue weighted by atomic mass is 35.5. The number of benzene rings is 1. The Hall–Kier alpha value is -1.15. The molecule has 1 amide bonds. The first kappa shape index (κ1) is 22.9. The molecule has 0 radical (unpaired) electrons. The van der Waals surface area contributed by atoms with Crippen LogP contribution >= 0.6 is 12.4 Å². The van der Waals surface area contributed by atoms with Gasteiger partial charge in [0.25, 0.3) is 0 Å². The zero-order valence-electron chi connectivity index (χ0n) is 14.6. The van der Waals surface area contributed by atoms with Crippen LogP contribution in [-0.2, 0) is 21.4 Å². The molecule has 0 heterocycles. The van der Waals surface area contributed by atoms with Crippen molar-refractivity contribution < 1.29 is 13.2 Å². The fraction of sp³-hybridized carbons (Fsp3) is 0.562. The van der Waals surface area contributed by atoms with E-state index in [0.717, 1.165) is 0 Å². The van der Waals surface area contributed by atoms with Gasteiger partial charge in [0, 0.05) is 24.5 Å². The Labute approximate surface area is 151 Å². The van der Waals surface area contributed by atoms with E-state index in [4.69, 9.17) is 5.73 Å². The van der Waals surface area contributed by atoms with Gasteiger partial charge in [-0.1, -0.05) is 18.2 Å². The van der Waals surface area contributed by atoms with Crippen LogP contribution in [-0.4, -0.2) is 25.9 Å². The Morgan fingerprint density at radius 2 is 1.83 bits per heavy atom. The first-order valence-electron chi connectivity index (χ1n) is 7.65. The fourth-order valence-corrected chi connectivity index (χ4v) is 3.67. The molecule has 1 unspecified atom stereocenters. The van der Waals surface area contributed by atoms with Crippen LogP contribution in [0.15, 0.2) is 29.2 Å². The number of carbonyl (C=O) groups is 1. The van der Waals surface area contributed by atoms with Crippen molar-refractivity contribution in [1.82, 2.24) is 10.0 Å². The van der Waals surface area contributed by atoms with Crippen molar-refractivity contribution in [3.63, 3.8) is 0 Å². The number of hydrogen-bond acceptors (Lipinski definition) is 4. The number of nitrogens with two attached hydrogens (primary N) is 1. The topological polar surface area (TPSA) is 101 Å².